The summed E-state index contributed by atoms with van der Waals surface area (Å²) in [6.07, 6.45) is 6.02. The van der Waals surface area contributed by atoms with Gasteiger partial charge in [0.15, 0.2) is 5.96 Å². The number of hydrogen-bond acceptors (Lipinski definition) is 5. The minimum absolute atomic E-state index is 0. The average molecular weight is 500 g/mol. The Morgan fingerprint density at radius 3 is 2.74 bits per heavy atom. The molecule has 27 heavy (non-hydrogen) atoms. The van der Waals surface area contributed by atoms with Crippen molar-refractivity contribution >= 4 is 41.3 Å². The fourth-order valence-corrected chi connectivity index (χ4v) is 3.80. The summed E-state index contributed by atoms with van der Waals surface area (Å²) in [6.45, 7) is 8.77. The number of rotatable bonds is 6. The summed E-state index contributed by atoms with van der Waals surface area (Å²) >= 11 is 1.71. The summed E-state index contributed by atoms with van der Waals surface area (Å²) in [6, 6.07) is 6.58. The van der Waals surface area contributed by atoms with E-state index in [-0.39, 0.29) is 24.0 Å². The van der Waals surface area contributed by atoms with E-state index in [1.54, 1.807) is 11.3 Å². The Kier molecular flexibility index (Phi) is 9.43. The van der Waals surface area contributed by atoms with Crippen molar-refractivity contribution in [3.63, 3.8) is 0 Å². The summed E-state index contributed by atoms with van der Waals surface area (Å²) in [5.41, 5.74) is 1.15. The normalized spacial score (nSPS) is 16.0. The van der Waals surface area contributed by atoms with Crippen molar-refractivity contribution < 1.29 is 0 Å². The number of aromatic nitrogens is 2. The minimum atomic E-state index is 0. The first-order valence-electron chi connectivity index (χ1n) is 9.31. The predicted octanol–water partition coefficient (Wildman–Crippen LogP) is 3.18. The van der Waals surface area contributed by atoms with E-state index in [1.807, 2.05) is 18.5 Å². The zero-order valence-electron chi connectivity index (χ0n) is 16.0. The molecule has 0 aromatic carbocycles. The van der Waals surface area contributed by atoms with E-state index in [2.05, 4.69) is 51.5 Å². The quantitative estimate of drug-likeness (QED) is 0.363. The molecule has 1 aliphatic heterocycles. The van der Waals surface area contributed by atoms with Crippen molar-refractivity contribution in [3.8, 4) is 0 Å². The lowest BCUT2D eigenvalue weighted by molar-refractivity contribution is 0.196. The number of likely N-dealkylation sites (tertiary alicyclic amines) is 1. The molecule has 3 rings (SSSR count). The van der Waals surface area contributed by atoms with E-state index in [0.717, 1.165) is 55.7 Å². The van der Waals surface area contributed by atoms with Crippen LogP contribution in [0.4, 0.5) is 0 Å². The second kappa shape index (κ2) is 11.6. The van der Waals surface area contributed by atoms with E-state index in [0.29, 0.717) is 12.6 Å². The van der Waals surface area contributed by atoms with Crippen LogP contribution in [-0.2, 0) is 13.1 Å². The van der Waals surface area contributed by atoms with Gasteiger partial charge in [0.25, 0.3) is 0 Å². The second-order valence-corrected chi connectivity index (χ2v) is 7.89. The fraction of sp³-hybridized carbons (Fsp3) is 0.526. The molecule has 2 aromatic rings. The molecule has 0 radical (unpaired) electrons. The van der Waals surface area contributed by atoms with E-state index >= 15 is 0 Å². The van der Waals surface area contributed by atoms with Crippen molar-refractivity contribution in [2.45, 2.75) is 45.8 Å². The molecule has 2 aromatic heterocycles. The van der Waals surface area contributed by atoms with Gasteiger partial charge in [-0.2, -0.15) is 0 Å². The van der Waals surface area contributed by atoms with Crippen molar-refractivity contribution in [2.24, 2.45) is 4.99 Å². The lowest BCUT2D eigenvalue weighted by Gasteiger charge is -2.32. The third-order valence-corrected chi connectivity index (χ3v) is 5.32. The van der Waals surface area contributed by atoms with Gasteiger partial charge in [-0.25, -0.2) is 9.98 Å². The molecule has 1 fully saturated rings. The van der Waals surface area contributed by atoms with Gasteiger partial charge in [0.1, 0.15) is 5.01 Å². The SMILES string of the molecule is CCNC(=NCc1ncc(C)s1)NC1CCN(Cc2ccccn2)CC1.I. The van der Waals surface area contributed by atoms with Crippen LogP contribution in [0.25, 0.3) is 0 Å². The zero-order chi connectivity index (χ0) is 18.2. The van der Waals surface area contributed by atoms with Crippen LogP contribution in [0, 0.1) is 6.92 Å². The molecule has 148 valence electrons. The molecule has 3 heterocycles. The van der Waals surface area contributed by atoms with Gasteiger partial charge in [0.05, 0.1) is 12.2 Å². The minimum Gasteiger partial charge on any atom is -0.357 e. The van der Waals surface area contributed by atoms with Crippen LogP contribution in [0.1, 0.15) is 35.3 Å². The largest absolute Gasteiger partial charge is 0.357 e. The van der Waals surface area contributed by atoms with Crippen molar-refractivity contribution in [1.82, 2.24) is 25.5 Å². The van der Waals surface area contributed by atoms with Gasteiger partial charge in [0, 0.05) is 49.5 Å². The number of halogens is 1. The number of piperidine rings is 1. The first-order valence-corrected chi connectivity index (χ1v) is 10.1. The molecule has 2 N–H and O–H groups in total. The van der Waals surface area contributed by atoms with Gasteiger partial charge in [-0.05, 0) is 38.8 Å². The lowest BCUT2D eigenvalue weighted by Crippen LogP contribution is -2.48. The van der Waals surface area contributed by atoms with Crippen molar-refractivity contribution in [2.75, 3.05) is 19.6 Å². The molecule has 0 aliphatic carbocycles. The first-order chi connectivity index (χ1) is 12.7. The molecule has 0 atom stereocenters. The molecule has 0 bridgehead atoms. The van der Waals surface area contributed by atoms with E-state index < -0.39 is 0 Å². The molecule has 0 spiro atoms. The Bertz CT molecular complexity index is 697. The predicted molar refractivity (Wildman–Crippen MR) is 123 cm³/mol. The summed E-state index contributed by atoms with van der Waals surface area (Å²) in [5.74, 6) is 0.892. The van der Waals surface area contributed by atoms with Crippen LogP contribution in [0.15, 0.2) is 35.6 Å². The third kappa shape index (κ3) is 7.34. The van der Waals surface area contributed by atoms with E-state index in [9.17, 15) is 0 Å². The molecular weight excluding hydrogens is 471 g/mol. The number of guanidine groups is 1. The summed E-state index contributed by atoms with van der Waals surface area (Å²) < 4.78 is 0. The van der Waals surface area contributed by atoms with Gasteiger partial charge in [-0.15, -0.1) is 35.3 Å². The number of pyridine rings is 1. The van der Waals surface area contributed by atoms with Gasteiger partial charge < -0.3 is 10.6 Å². The number of nitrogens with zero attached hydrogens (tertiary/aromatic N) is 4. The first kappa shape index (κ1) is 22.0. The molecule has 0 amide bonds. The number of thiazole rings is 1. The van der Waals surface area contributed by atoms with Crippen molar-refractivity contribution in [1.29, 1.82) is 0 Å². The number of hydrogen-bond donors (Lipinski definition) is 2. The maximum Gasteiger partial charge on any atom is 0.191 e. The molecule has 0 unspecified atom stereocenters. The molecule has 6 nitrogen and oxygen atoms in total. The van der Waals surface area contributed by atoms with Gasteiger partial charge in [-0.3, -0.25) is 9.88 Å². The summed E-state index contributed by atoms with van der Waals surface area (Å²) in [5, 5.41) is 8.00. The van der Waals surface area contributed by atoms with Crippen LogP contribution in [0.5, 0.6) is 0 Å². The monoisotopic (exact) mass is 500 g/mol. The van der Waals surface area contributed by atoms with Crippen molar-refractivity contribution in [3.05, 3.63) is 46.2 Å². The van der Waals surface area contributed by atoms with Crippen LogP contribution >= 0.6 is 35.3 Å². The highest BCUT2D eigenvalue weighted by molar-refractivity contribution is 14.0. The number of aryl methyl sites for hydroxylation is 1. The van der Waals surface area contributed by atoms with Crippen LogP contribution in [0.3, 0.4) is 0 Å². The fourth-order valence-electron chi connectivity index (χ4n) is 3.09. The van der Waals surface area contributed by atoms with Crippen LogP contribution in [0.2, 0.25) is 0 Å². The average Bonchev–Trinajstić information content (AvgIpc) is 3.08. The van der Waals surface area contributed by atoms with Gasteiger partial charge >= 0.3 is 0 Å². The topological polar surface area (TPSA) is 65.4 Å². The molecule has 1 saturated heterocycles. The Morgan fingerprint density at radius 2 is 2.11 bits per heavy atom. The zero-order valence-corrected chi connectivity index (χ0v) is 19.2. The molecule has 8 heteroatoms. The van der Waals surface area contributed by atoms with Crippen LogP contribution < -0.4 is 10.6 Å². The van der Waals surface area contributed by atoms with E-state index in [1.165, 1.54) is 4.88 Å². The van der Waals surface area contributed by atoms with E-state index in [4.69, 9.17) is 4.99 Å². The molecule has 0 saturated carbocycles. The smallest absolute Gasteiger partial charge is 0.191 e. The highest BCUT2D eigenvalue weighted by atomic mass is 127. The Morgan fingerprint density at radius 1 is 1.30 bits per heavy atom. The van der Waals surface area contributed by atoms with Crippen LogP contribution in [-0.4, -0.2) is 46.5 Å². The maximum atomic E-state index is 4.70. The maximum absolute atomic E-state index is 4.70. The Hall–Kier alpha value is -1.26. The highest BCUT2D eigenvalue weighted by Gasteiger charge is 2.20. The highest BCUT2D eigenvalue weighted by Crippen LogP contribution is 2.14. The summed E-state index contributed by atoms with van der Waals surface area (Å²) in [7, 11) is 0. The second-order valence-electron chi connectivity index (χ2n) is 6.58. The standard InChI is InChI=1S/C19H28N6S.HI/c1-3-20-19(23-13-18-22-12-15(2)26-18)24-16-7-10-25(11-8-16)14-17-6-4-5-9-21-17;/h4-6,9,12,16H,3,7-8,10-11,13-14H2,1-2H3,(H2,20,23,24);1H. The van der Waals surface area contributed by atoms with Gasteiger partial charge in [0.2, 0.25) is 0 Å². The molecular formula is C19H29IN6S. The number of nitrogens with one attached hydrogen (secondary N) is 2. The third-order valence-electron chi connectivity index (χ3n) is 4.43. The van der Waals surface area contributed by atoms with Gasteiger partial charge in [-0.1, -0.05) is 6.07 Å². The molecule has 1 aliphatic rings. The Balaban J connectivity index is 0.00000261. The number of aliphatic imine (C=N–C) groups is 1. The summed E-state index contributed by atoms with van der Waals surface area (Å²) in [4.78, 5) is 17.2. The lowest BCUT2D eigenvalue weighted by atomic mass is 10.0. The Labute approximate surface area is 182 Å².